The quantitative estimate of drug-likeness (QED) is 0.365. The molecule has 0 saturated carbocycles. The summed E-state index contributed by atoms with van der Waals surface area (Å²) in [5, 5.41) is 7.06. The largest absolute Gasteiger partial charge is 0.464 e. The number of ether oxygens (including phenoxy) is 1. The molecule has 30 heavy (non-hydrogen) atoms. The first kappa shape index (κ1) is 19.3. The Balaban J connectivity index is 1.47. The maximum atomic E-state index is 12.3. The second-order valence-corrected chi connectivity index (χ2v) is 6.89. The maximum absolute atomic E-state index is 12.3. The summed E-state index contributed by atoms with van der Waals surface area (Å²) >= 11 is 0. The minimum absolute atomic E-state index is 0.164. The predicted octanol–water partition coefficient (Wildman–Crippen LogP) is 3.85. The molecule has 0 unspecified atom stereocenters. The van der Waals surface area contributed by atoms with Gasteiger partial charge < -0.3 is 25.3 Å². The van der Waals surface area contributed by atoms with Gasteiger partial charge in [0, 0.05) is 30.0 Å². The number of aromatic nitrogens is 3. The smallest absolute Gasteiger partial charge is 0.354 e. The number of aryl methyl sites for hydroxylation is 1. The van der Waals surface area contributed by atoms with Crippen LogP contribution in [0.4, 0.5) is 11.4 Å². The summed E-state index contributed by atoms with van der Waals surface area (Å²) in [5.74, 6) is -0.598. The zero-order valence-corrected chi connectivity index (χ0v) is 16.6. The fraction of sp³-hybridized carbons (Fsp3) is 0.136. The molecular weight excluding hydrogens is 382 g/mol. The number of aromatic amines is 2. The normalized spacial score (nSPS) is 10.7. The Labute approximate surface area is 172 Å². The third kappa shape index (κ3) is 4.02. The van der Waals surface area contributed by atoms with Crippen molar-refractivity contribution in [2.45, 2.75) is 13.5 Å². The lowest BCUT2D eigenvalue weighted by Crippen LogP contribution is -2.11. The van der Waals surface area contributed by atoms with Gasteiger partial charge >= 0.3 is 5.97 Å². The van der Waals surface area contributed by atoms with Gasteiger partial charge in [0.1, 0.15) is 11.3 Å². The number of H-pyrrole nitrogens is 2. The highest BCUT2D eigenvalue weighted by atomic mass is 16.5. The van der Waals surface area contributed by atoms with Crippen molar-refractivity contribution >= 4 is 34.3 Å². The Morgan fingerprint density at radius 2 is 2.00 bits per heavy atom. The molecule has 4 aromatic rings. The van der Waals surface area contributed by atoms with Gasteiger partial charge in [0.25, 0.3) is 5.91 Å². The molecular formula is C22H21N5O3. The molecule has 0 radical (unpaired) electrons. The van der Waals surface area contributed by atoms with E-state index in [0.29, 0.717) is 23.4 Å². The second kappa shape index (κ2) is 8.12. The van der Waals surface area contributed by atoms with Gasteiger partial charge in [0.05, 0.1) is 24.6 Å². The topological polar surface area (TPSA) is 112 Å². The molecule has 1 aromatic carbocycles. The summed E-state index contributed by atoms with van der Waals surface area (Å²) in [6, 6.07) is 11.2. The van der Waals surface area contributed by atoms with Gasteiger partial charge in [-0.1, -0.05) is 6.07 Å². The predicted molar refractivity (Wildman–Crippen MR) is 115 cm³/mol. The van der Waals surface area contributed by atoms with E-state index in [1.807, 2.05) is 31.2 Å². The molecule has 0 aliphatic rings. The first-order chi connectivity index (χ1) is 14.5. The summed E-state index contributed by atoms with van der Waals surface area (Å²) < 4.78 is 4.73. The number of esters is 1. The van der Waals surface area contributed by atoms with E-state index in [1.54, 1.807) is 30.7 Å². The molecule has 4 N–H and O–H groups in total. The van der Waals surface area contributed by atoms with Crippen molar-refractivity contribution in [3.05, 3.63) is 77.4 Å². The van der Waals surface area contributed by atoms with E-state index >= 15 is 0 Å². The first-order valence-electron chi connectivity index (χ1n) is 9.38. The zero-order valence-electron chi connectivity index (χ0n) is 16.6. The molecule has 4 rings (SSSR count). The average molecular weight is 403 g/mol. The van der Waals surface area contributed by atoms with E-state index in [0.717, 1.165) is 27.9 Å². The van der Waals surface area contributed by atoms with Crippen LogP contribution in [-0.2, 0) is 11.3 Å². The summed E-state index contributed by atoms with van der Waals surface area (Å²) in [4.78, 5) is 34.1. The maximum Gasteiger partial charge on any atom is 0.354 e. The number of rotatable bonds is 6. The molecule has 0 aliphatic carbocycles. The van der Waals surface area contributed by atoms with E-state index < -0.39 is 5.97 Å². The van der Waals surface area contributed by atoms with Gasteiger partial charge in [-0.2, -0.15) is 0 Å². The summed E-state index contributed by atoms with van der Waals surface area (Å²) in [5.41, 5.74) is 5.25. The number of pyridine rings is 1. The number of hydrogen-bond acceptors (Lipinski definition) is 5. The molecule has 0 saturated heterocycles. The highest BCUT2D eigenvalue weighted by Crippen LogP contribution is 2.21. The Morgan fingerprint density at radius 3 is 2.77 bits per heavy atom. The van der Waals surface area contributed by atoms with Crippen LogP contribution in [0.5, 0.6) is 0 Å². The zero-order chi connectivity index (χ0) is 21.1. The average Bonchev–Trinajstić information content (AvgIpc) is 3.43. The van der Waals surface area contributed by atoms with E-state index in [2.05, 4.69) is 25.6 Å². The van der Waals surface area contributed by atoms with Crippen LogP contribution >= 0.6 is 0 Å². The van der Waals surface area contributed by atoms with E-state index in [9.17, 15) is 9.59 Å². The summed E-state index contributed by atoms with van der Waals surface area (Å²) in [6.07, 6.45) is 5.07. The minimum atomic E-state index is -0.434. The molecule has 0 fully saturated rings. The highest BCUT2D eigenvalue weighted by Gasteiger charge is 2.11. The van der Waals surface area contributed by atoms with Crippen molar-refractivity contribution in [3.63, 3.8) is 0 Å². The summed E-state index contributed by atoms with van der Waals surface area (Å²) in [6.45, 7) is 2.58. The Morgan fingerprint density at radius 1 is 1.13 bits per heavy atom. The van der Waals surface area contributed by atoms with Crippen molar-refractivity contribution in [2.24, 2.45) is 0 Å². The molecule has 0 atom stereocenters. The van der Waals surface area contributed by atoms with Gasteiger partial charge in [0.2, 0.25) is 0 Å². The van der Waals surface area contributed by atoms with Crippen molar-refractivity contribution in [1.29, 1.82) is 0 Å². The van der Waals surface area contributed by atoms with E-state index in [1.165, 1.54) is 7.11 Å². The first-order valence-corrected chi connectivity index (χ1v) is 9.38. The molecule has 0 bridgehead atoms. The molecule has 0 spiro atoms. The number of carbonyl (C=O) groups excluding carboxylic acids is 2. The number of benzene rings is 1. The molecule has 8 heteroatoms. The van der Waals surface area contributed by atoms with Crippen LogP contribution < -0.4 is 10.6 Å². The second-order valence-electron chi connectivity index (χ2n) is 6.89. The molecule has 0 aliphatic heterocycles. The Hall–Kier alpha value is -4.07. The lowest BCUT2D eigenvalue weighted by Gasteiger charge is -2.12. The fourth-order valence-electron chi connectivity index (χ4n) is 3.14. The number of nitrogens with zero attached hydrogens (tertiary/aromatic N) is 1. The molecule has 152 valence electrons. The SMILES string of the molecule is COC(=O)c1cc2cc(NCc3cc(NC(=O)c4cc[nH]c4)ccc3C)cnc2[nH]1. The van der Waals surface area contributed by atoms with E-state index in [4.69, 9.17) is 4.74 Å². The van der Waals surface area contributed by atoms with Crippen molar-refractivity contribution in [3.8, 4) is 0 Å². The third-order valence-electron chi connectivity index (χ3n) is 4.83. The standard InChI is InChI=1S/C22H21N5O3/c1-13-3-4-17(26-21(28)14-5-6-23-10-14)8-16(13)11-24-18-7-15-9-19(22(29)30-2)27-20(15)25-12-18/h3-10,12,23-24H,11H2,1-2H3,(H,25,27)(H,26,28). The molecule has 1 amide bonds. The number of carbonyl (C=O) groups is 2. The fourth-order valence-corrected chi connectivity index (χ4v) is 3.14. The number of methoxy groups -OCH3 is 1. The van der Waals surface area contributed by atoms with Gasteiger partial charge in [-0.05, 0) is 48.4 Å². The Kier molecular flexibility index (Phi) is 5.21. The lowest BCUT2D eigenvalue weighted by molar-refractivity contribution is 0.0595. The van der Waals surface area contributed by atoms with Crippen molar-refractivity contribution in [2.75, 3.05) is 17.7 Å². The van der Waals surface area contributed by atoms with Gasteiger partial charge in [-0.15, -0.1) is 0 Å². The number of nitrogens with one attached hydrogen (secondary N) is 4. The number of hydrogen-bond donors (Lipinski definition) is 4. The van der Waals surface area contributed by atoms with Crippen LogP contribution in [0, 0.1) is 6.92 Å². The van der Waals surface area contributed by atoms with Crippen LogP contribution in [0.15, 0.2) is 55.0 Å². The Bertz CT molecular complexity index is 1210. The van der Waals surface area contributed by atoms with Crippen LogP contribution in [0.1, 0.15) is 32.0 Å². The molecule has 8 nitrogen and oxygen atoms in total. The minimum Gasteiger partial charge on any atom is -0.464 e. The molecule has 3 heterocycles. The monoisotopic (exact) mass is 403 g/mol. The van der Waals surface area contributed by atoms with E-state index in [-0.39, 0.29) is 5.91 Å². The van der Waals surface area contributed by atoms with Crippen LogP contribution in [0.2, 0.25) is 0 Å². The van der Waals surface area contributed by atoms with Crippen LogP contribution in [0.3, 0.4) is 0 Å². The van der Waals surface area contributed by atoms with Gasteiger partial charge in [0.15, 0.2) is 0 Å². The highest BCUT2D eigenvalue weighted by molar-refractivity contribution is 6.04. The van der Waals surface area contributed by atoms with Crippen LogP contribution in [0.25, 0.3) is 11.0 Å². The lowest BCUT2D eigenvalue weighted by atomic mass is 10.1. The third-order valence-corrected chi connectivity index (χ3v) is 4.83. The van der Waals surface area contributed by atoms with Gasteiger partial charge in [-0.3, -0.25) is 4.79 Å². The number of fused-ring (bicyclic) bond motifs is 1. The van der Waals surface area contributed by atoms with Gasteiger partial charge in [-0.25, -0.2) is 9.78 Å². The summed E-state index contributed by atoms with van der Waals surface area (Å²) in [7, 11) is 1.34. The number of amides is 1. The number of anilines is 2. The molecule has 3 aromatic heterocycles. The van der Waals surface area contributed by atoms with Crippen molar-refractivity contribution in [1.82, 2.24) is 15.0 Å². The van der Waals surface area contributed by atoms with Crippen molar-refractivity contribution < 1.29 is 14.3 Å². The van der Waals surface area contributed by atoms with Crippen LogP contribution in [-0.4, -0.2) is 33.9 Å².